The zero-order valence-electron chi connectivity index (χ0n) is 11.8. The third-order valence-corrected chi connectivity index (χ3v) is 3.98. The van der Waals surface area contributed by atoms with Crippen molar-refractivity contribution in [3.8, 4) is 0 Å². The molecule has 0 fully saturated rings. The third-order valence-electron chi connectivity index (χ3n) is 3.03. The largest absolute Gasteiger partial charge is 0.298 e. The molecule has 2 aromatic carbocycles. The highest BCUT2D eigenvalue weighted by Crippen LogP contribution is 2.25. The number of aromatic nitrogens is 1. The summed E-state index contributed by atoms with van der Waals surface area (Å²) in [5.74, 6) is -0.337. The van der Waals surface area contributed by atoms with E-state index in [2.05, 4.69) is 10.3 Å². The molecule has 0 aliphatic carbocycles. The van der Waals surface area contributed by atoms with E-state index in [0.29, 0.717) is 10.7 Å². The number of nitrogens with zero attached hydrogens (tertiary/aromatic N) is 2. The molecule has 0 aliphatic rings. The molecule has 1 N–H and O–H groups in total. The van der Waals surface area contributed by atoms with E-state index in [9.17, 15) is 14.9 Å². The van der Waals surface area contributed by atoms with Crippen LogP contribution in [0.2, 0.25) is 0 Å². The number of fused-ring (bicyclic) bond motifs is 1. The van der Waals surface area contributed by atoms with E-state index in [1.165, 1.54) is 35.6 Å². The minimum atomic E-state index is -0.474. The predicted molar refractivity (Wildman–Crippen MR) is 90.4 cm³/mol. The van der Waals surface area contributed by atoms with Crippen molar-refractivity contribution in [2.75, 3.05) is 5.32 Å². The SMILES string of the molecule is O=C(/C=C/c1cccc([N+](=O)[O-])c1)Nc1nc2ccccc2s1. The number of carbonyl (C=O) groups is 1. The fourth-order valence-electron chi connectivity index (χ4n) is 1.99. The van der Waals surface area contributed by atoms with Gasteiger partial charge in [0.1, 0.15) is 0 Å². The van der Waals surface area contributed by atoms with Gasteiger partial charge in [0.25, 0.3) is 5.69 Å². The van der Waals surface area contributed by atoms with Gasteiger partial charge in [0, 0.05) is 18.2 Å². The van der Waals surface area contributed by atoms with Crippen LogP contribution < -0.4 is 5.32 Å². The molecule has 1 aromatic heterocycles. The number of hydrogen-bond donors (Lipinski definition) is 1. The molecule has 0 aliphatic heterocycles. The number of para-hydroxylation sites is 1. The third kappa shape index (κ3) is 3.58. The standard InChI is InChI=1S/C16H11N3O3S/c20-15(9-8-11-4-3-5-12(10-11)19(21)22)18-16-17-13-6-1-2-7-14(13)23-16/h1-10H,(H,17,18,20)/b9-8+. The second kappa shape index (κ2) is 6.37. The Hall–Kier alpha value is -3.06. The maximum atomic E-state index is 11.9. The highest BCUT2D eigenvalue weighted by molar-refractivity contribution is 7.22. The van der Waals surface area contributed by atoms with Gasteiger partial charge in [0.05, 0.1) is 15.1 Å². The minimum Gasteiger partial charge on any atom is -0.298 e. The van der Waals surface area contributed by atoms with Gasteiger partial charge in [0.2, 0.25) is 5.91 Å². The molecule has 7 heteroatoms. The van der Waals surface area contributed by atoms with E-state index < -0.39 is 4.92 Å². The van der Waals surface area contributed by atoms with Crippen molar-refractivity contribution in [1.29, 1.82) is 0 Å². The van der Waals surface area contributed by atoms with Gasteiger partial charge in [-0.1, -0.05) is 35.6 Å². The summed E-state index contributed by atoms with van der Waals surface area (Å²) in [6.07, 6.45) is 2.85. The molecule has 0 unspecified atom stereocenters. The Morgan fingerprint density at radius 1 is 1.22 bits per heavy atom. The molecule has 1 amide bonds. The molecule has 0 saturated carbocycles. The second-order valence-electron chi connectivity index (χ2n) is 4.66. The first-order valence-electron chi connectivity index (χ1n) is 6.71. The van der Waals surface area contributed by atoms with Crippen LogP contribution in [0.15, 0.2) is 54.6 Å². The number of nitro groups is 1. The number of nitrogens with one attached hydrogen (secondary N) is 1. The molecular formula is C16H11N3O3S. The van der Waals surface area contributed by atoms with Gasteiger partial charge in [-0.2, -0.15) is 0 Å². The topological polar surface area (TPSA) is 85.1 Å². The summed E-state index contributed by atoms with van der Waals surface area (Å²) in [5.41, 5.74) is 1.40. The summed E-state index contributed by atoms with van der Waals surface area (Å²) >= 11 is 1.39. The molecule has 0 atom stereocenters. The van der Waals surface area contributed by atoms with Crippen LogP contribution in [-0.2, 0) is 4.79 Å². The minimum absolute atomic E-state index is 0.0151. The first-order valence-corrected chi connectivity index (χ1v) is 7.52. The van der Waals surface area contributed by atoms with Crippen molar-refractivity contribution in [3.05, 3.63) is 70.3 Å². The van der Waals surface area contributed by atoms with Crippen molar-refractivity contribution in [1.82, 2.24) is 4.98 Å². The van der Waals surface area contributed by atoms with Gasteiger partial charge in [-0.05, 0) is 23.8 Å². The number of nitro benzene ring substituents is 1. The van der Waals surface area contributed by atoms with Crippen molar-refractivity contribution >= 4 is 44.4 Å². The average Bonchev–Trinajstić information content (AvgIpc) is 2.95. The summed E-state index contributed by atoms with van der Waals surface area (Å²) in [4.78, 5) is 26.5. The number of carbonyl (C=O) groups excluding carboxylic acids is 1. The van der Waals surface area contributed by atoms with Crippen LogP contribution in [0.25, 0.3) is 16.3 Å². The monoisotopic (exact) mass is 325 g/mol. The van der Waals surface area contributed by atoms with Gasteiger partial charge < -0.3 is 0 Å². The van der Waals surface area contributed by atoms with Gasteiger partial charge in [0.15, 0.2) is 5.13 Å². The zero-order valence-corrected chi connectivity index (χ0v) is 12.6. The fourth-order valence-corrected chi connectivity index (χ4v) is 2.86. The first-order chi connectivity index (χ1) is 11.1. The second-order valence-corrected chi connectivity index (χ2v) is 5.69. The summed E-state index contributed by atoms with van der Waals surface area (Å²) in [7, 11) is 0. The maximum absolute atomic E-state index is 11.9. The van der Waals surface area contributed by atoms with Crippen molar-refractivity contribution in [2.24, 2.45) is 0 Å². The normalized spacial score (nSPS) is 11.0. The lowest BCUT2D eigenvalue weighted by molar-refractivity contribution is -0.384. The Kier molecular flexibility index (Phi) is 4.11. The lowest BCUT2D eigenvalue weighted by Gasteiger charge is -1.96. The highest BCUT2D eigenvalue weighted by Gasteiger charge is 2.06. The number of hydrogen-bond acceptors (Lipinski definition) is 5. The van der Waals surface area contributed by atoms with Gasteiger partial charge >= 0.3 is 0 Å². The zero-order chi connectivity index (χ0) is 16.2. The number of benzene rings is 2. The summed E-state index contributed by atoms with van der Waals surface area (Å²) < 4.78 is 0.991. The molecule has 3 aromatic rings. The van der Waals surface area contributed by atoms with Crippen LogP contribution in [0.4, 0.5) is 10.8 Å². The number of rotatable bonds is 4. The smallest absolute Gasteiger partial charge is 0.270 e. The van der Waals surface area contributed by atoms with Crippen LogP contribution >= 0.6 is 11.3 Å². The van der Waals surface area contributed by atoms with E-state index in [1.54, 1.807) is 12.1 Å². The van der Waals surface area contributed by atoms with Crippen LogP contribution in [0.3, 0.4) is 0 Å². The first kappa shape index (κ1) is 14.9. The molecule has 0 bridgehead atoms. The molecular weight excluding hydrogens is 314 g/mol. The van der Waals surface area contributed by atoms with Gasteiger partial charge in [-0.15, -0.1) is 0 Å². The molecule has 6 nitrogen and oxygen atoms in total. The molecule has 0 radical (unpaired) electrons. The Balaban J connectivity index is 1.71. The van der Waals surface area contributed by atoms with Crippen LogP contribution in [-0.4, -0.2) is 15.8 Å². The molecule has 114 valence electrons. The van der Waals surface area contributed by atoms with E-state index in [0.717, 1.165) is 10.2 Å². The number of amides is 1. The molecule has 0 saturated heterocycles. The van der Waals surface area contributed by atoms with Crippen LogP contribution in [0.5, 0.6) is 0 Å². The van der Waals surface area contributed by atoms with E-state index in [4.69, 9.17) is 0 Å². The number of thiazole rings is 1. The fraction of sp³-hybridized carbons (Fsp3) is 0. The average molecular weight is 325 g/mol. The lowest BCUT2D eigenvalue weighted by Crippen LogP contribution is -2.07. The predicted octanol–water partition coefficient (Wildman–Crippen LogP) is 3.86. The molecule has 23 heavy (non-hydrogen) atoms. The number of anilines is 1. The molecule has 0 spiro atoms. The lowest BCUT2D eigenvalue weighted by atomic mass is 10.2. The van der Waals surface area contributed by atoms with Crippen molar-refractivity contribution < 1.29 is 9.72 Å². The van der Waals surface area contributed by atoms with E-state index in [-0.39, 0.29) is 11.6 Å². The Labute approximate surface area is 135 Å². The van der Waals surface area contributed by atoms with Crippen LogP contribution in [0.1, 0.15) is 5.56 Å². The van der Waals surface area contributed by atoms with Crippen molar-refractivity contribution in [2.45, 2.75) is 0 Å². The van der Waals surface area contributed by atoms with Gasteiger partial charge in [-0.3, -0.25) is 20.2 Å². The molecule has 1 heterocycles. The van der Waals surface area contributed by atoms with Crippen molar-refractivity contribution in [3.63, 3.8) is 0 Å². The number of non-ortho nitro benzene ring substituents is 1. The highest BCUT2D eigenvalue weighted by atomic mass is 32.1. The van der Waals surface area contributed by atoms with E-state index in [1.807, 2.05) is 24.3 Å². The summed E-state index contributed by atoms with van der Waals surface area (Å²) in [6, 6.07) is 13.7. The Morgan fingerprint density at radius 2 is 2.04 bits per heavy atom. The summed E-state index contributed by atoms with van der Waals surface area (Å²) in [6.45, 7) is 0. The van der Waals surface area contributed by atoms with Crippen LogP contribution in [0, 0.1) is 10.1 Å². The maximum Gasteiger partial charge on any atom is 0.270 e. The quantitative estimate of drug-likeness (QED) is 0.448. The van der Waals surface area contributed by atoms with E-state index >= 15 is 0 Å². The Morgan fingerprint density at radius 3 is 2.83 bits per heavy atom. The van der Waals surface area contributed by atoms with Gasteiger partial charge in [-0.25, -0.2) is 4.98 Å². The summed E-state index contributed by atoms with van der Waals surface area (Å²) in [5, 5.41) is 13.9. The molecule has 3 rings (SSSR count). The Bertz CT molecular complexity index is 885.